The van der Waals surface area contributed by atoms with Gasteiger partial charge in [-0.05, 0) is 60.9 Å². The highest BCUT2D eigenvalue weighted by Crippen LogP contribution is 2.32. The molecule has 1 N–H and O–H groups in total. The summed E-state index contributed by atoms with van der Waals surface area (Å²) in [6, 6.07) is 15.4. The third-order valence-corrected chi connectivity index (χ3v) is 5.48. The Hall–Kier alpha value is -4.13. The molecule has 0 unspecified atom stereocenters. The van der Waals surface area contributed by atoms with Crippen LogP contribution in [0.3, 0.4) is 0 Å². The highest BCUT2D eigenvalue weighted by molar-refractivity contribution is 6.07. The Morgan fingerprint density at radius 3 is 2.69 bits per heavy atom. The van der Waals surface area contributed by atoms with Crippen LogP contribution >= 0.6 is 0 Å². The Bertz CT molecular complexity index is 1260. The van der Waals surface area contributed by atoms with Crippen molar-refractivity contribution in [3.8, 4) is 11.4 Å². The molecule has 0 spiro atoms. The van der Waals surface area contributed by atoms with Crippen molar-refractivity contribution in [3.63, 3.8) is 0 Å². The monoisotopic (exact) mass is 422 g/mol. The molecule has 7 nitrogen and oxygen atoms in total. The highest BCUT2D eigenvalue weighted by atomic mass is 16.2. The predicted molar refractivity (Wildman–Crippen MR) is 124 cm³/mol. The molecule has 0 fully saturated rings. The summed E-state index contributed by atoms with van der Waals surface area (Å²) >= 11 is 0. The van der Waals surface area contributed by atoms with Crippen LogP contribution in [0.2, 0.25) is 0 Å². The average Bonchev–Trinajstić information content (AvgIpc) is 3.27. The number of fused-ring (bicyclic) bond motifs is 1. The number of benzene rings is 1. The van der Waals surface area contributed by atoms with Crippen LogP contribution in [0.25, 0.3) is 11.4 Å². The van der Waals surface area contributed by atoms with Crippen molar-refractivity contribution in [2.75, 3.05) is 16.8 Å². The number of pyridine rings is 2. The fourth-order valence-corrected chi connectivity index (χ4v) is 3.86. The molecule has 5 rings (SSSR count). The molecule has 3 aromatic heterocycles. The molecule has 0 bridgehead atoms. The van der Waals surface area contributed by atoms with Crippen LogP contribution in [0.15, 0.2) is 73.3 Å². The molecule has 1 aliphatic rings. The van der Waals surface area contributed by atoms with E-state index in [1.807, 2.05) is 35.2 Å². The zero-order chi connectivity index (χ0) is 21.9. The van der Waals surface area contributed by atoms with E-state index < -0.39 is 0 Å². The Morgan fingerprint density at radius 1 is 1.03 bits per heavy atom. The Kier molecular flexibility index (Phi) is 5.29. The summed E-state index contributed by atoms with van der Waals surface area (Å²) in [5, 5.41) is 3.41. The standard InChI is InChI=1S/C25H22N6O/c1-2-20-15-23(30-24(29-20)17-7-11-26-12-8-17)28-21-5-6-22-18(14-21)9-13-31(22)25(32)19-4-3-10-27-16-19/h3-8,10-12,14-16H,2,9,13H2,1H3,(H,28,29,30). The van der Waals surface area contributed by atoms with E-state index in [4.69, 9.17) is 4.98 Å². The first-order chi connectivity index (χ1) is 15.7. The van der Waals surface area contributed by atoms with Gasteiger partial charge in [0.25, 0.3) is 5.91 Å². The Morgan fingerprint density at radius 2 is 1.91 bits per heavy atom. The van der Waals surface area contributed by atoms with Gasteiger partial charge in [-0.1, -0.05) is 6.92 Å². The van der Waals surface area contributed by atoms with E-state index in [2.05, 4.69) is 33.3 Å². The van der Waals surface area contributed by atoms with E-state index in [-0.39, 0.29) is 5.91 Å². The first-order valence-electron chi connectivity index (χ1n) is 10.6. The SMILES string of the molecule is CCc1cc(Nc2ccc3c(c2)CCN3C(=O)c2cccnc2)nc(-c2ccncc2)n1. The van der Waals surface area contributed by atoms with Gasteiger partial charge in [0.05, 0.1) is 5.56 Å². The normalized spacial score (nSPS) is 12.5. The lowest BCUT2D eigenvalue weighted by atomic mass is 10.1. The van der Waals surface area contributed by atoms with Gasteiger partial charge in [-0.2, -0.15) is 0 Å². The van der Waals surface area contributed by atoms with E-state index in [9.17, 15) is 4.79 Å². The number of carbonyl (C=O) groups is 1. The molecule has 0 radical (unpaired) electrons. The van der Waals surface area contributed by atoms with E-state index in [1.165, 1.54) is 0 Å². The lowest BCUT2D eigenvalue weighted by Crippen LogP contribution is -2.28. The molecule has 0 aliphatic carbocycles. The summed E-state index contributed by atoms with van der Waals surface area (Å²) < 4.78 is 0. The van der Waals surface area contributed by atoms with Gasteiger partial charge in [-0.15, -0.1) is 0 Å². The van der Waals surface area contributed by atoms with Gasteiger partial charge in [0.15, 0.2) is 5.82 Å². The molecule has 32 heavy (non-hydrogen) atoms. The summed E-state index contributed by atoms with van der Waals surface area (Å²) in [4.78, 5) is 32.2. The predicted octanol–water partition coefficient (Wildman–Crippen LogP) is 4.44. The van der Waals surface area contributed by atoms with Crippen molar-refractivity contribution in [2.24, 2.45) is 0 Å². The fraction of sp³-hybridized carbons (Fsp3) is 0.160. The molecule has 0 saturated carbocycles. The summed E-state index contributed by atoms with van der Waals surface area (Å²) in [7, 11) is 0. The second-order valence-electron chi connectivity index (χ2n) is 7.57. The second-order valence-corrected chi connectivity index (χ2v) is 7.57. The van der Waals surface area contributed by atoms with E-state index >= 15 is 0 Å². The number of amides is 1. The number of hydrogen-bond acceptors (Lipinski definition) is 6. The van der Waals surface area contributed by atoms with Crippen LogP contribution in [0.4, 0.5) is 17.2 Å². The van der Waals surface area contributed by atoms with E-state index in [0.29, 0.717) is 17.9 Å². The van der Waals surface area contributed by atoms with Gasteiger partial charge in [-0.25, -0.2) is 9.97 Å². The number of aryl methyl sites for hydroxylation is 1. The number of carbonyl (C=O) groups excluding carboxylic acids is 1. The second kappa shape index (κ2) is 8.55. The maximum atomic E-state index is 12.9. The van der Waals surface area contributed by atoms with Gasteiger partial charge in [-0.3, -0.25) is 14.8 Å². The zero-order valence-corrected chi connectivity index (χ0v) is 17.7. The van der Waals surface area contributed by atoms with Crippen molar-refractivity contribution in [1.29, 1.82) is 0 Å². The molecule has 4 aromatic rings. The molecule has 1 aromatic carbocycles. The largest absolute Gasteiger partial charge is 0.340 e. The van der Waals surface area contributed by atoms with Crippen LogP contribution < -0.4 is 10.2 Å². The fourth-order valence-electron chi connectivity index (χ4n) is 3.86. The third-order valence-electron chi connectivity index (χ3n) is 5.48. The minimum atomic E-state index is -0.0251. The summed E-state index contributed by atoms with van der Waals surface area (Å²) in [5.41, 5.74) is 5.49. The Labute approximate surface area is 186 Å². The van der Waals surface area contributed by atoms with Gasteiger partial charge in [0.1, 0.15) is 5.82 Å². The molecular formula is C25H22N6O. The Balaban J connectivity index is 1.40. The third kappa shape index (κ3) is 3.92. The molecule has 158 valence electrons. The molecule has 1 amide bonds. The number of anilines is 3. The lowest BCUT2D eigenvalue weighted by Gasteiger charge is -2.17. The number of aromatic nitrogens is 4. The van der Waals surface area contributed by atoms with Crippen LogP contribution in [0, 0.1) is 0 Å². The summed E-state index contributed by atoms with van der Waals surface area (Å²) in [5.74, 6) is 1.39. The molecule has 1 aliphatic heterocycles. The lowest BCUT2D eigenvalue weighted by molar-refractivity contribution is 0.0989. The number of nitrogens with one attached hydrogen (secondary N) is 1. The average molecular weight is 422 g/mol. The van der Waals surface area contributed by atoms with Gasteiger partial charge in [0.2, 0.25) is 0 Å². The number of nitrogens with zero attached hydrogens (tertiary/aromatic N) is 5. The van der Waals surface area contributed by atoms with Gasteiger partial charge < -0.3 is 10.2 Å². The minimum Gasteiger partial charge on any atom is -0.340 e. The van der Waals surface area contributed by atoms with Crippen molar-refractivity contribution in [3.05, 3.63) is 90.1 Å². The topological polar surface area (TPSA) is 83.9 Å². The van der Waals surface area contributed by atoms with Crippen LogP contribution in [0.1, 0.15) is 28.5 Å². The van der Waals surface area contributed by atoms with Crippen molar-refractivity contribution >= 4 is 23.1 Å². The smallest absolute Gasteiger partial charge is 0.259 e. The molecule has 0 saturated heterocycles. The summed E-state index contributed by atoms with van der Waals surface area (Å²) in [6.07, 6.45) is 8.38. The summed E-state index contributed by atoms with van der Waals surface area (Å²) in [6.45, 7) is 2.73. The van der Waals surface area contributed by atoms with Crippen molar-refractivity contribution in [1.82, 2.24) is 19.9 Å². The molecule has 4 heterocycles. The number of hydrogen-bond donors (Lipinski definition) is 1. The maximum Gasteiger partial charge on any atom is 0.259 e. The molecule has 7 heteroatoms. The zero-order valence-electron chi connectivity index (χ0n) is 17.7. The van der Waals surface area contributed by atoms with Crippen LogP contribution in [-0.4, -0.2) is 32.4 Å². The molecular weight excluding hydrogens is 400 g/mol. The number of rotatable bonds is 5. The first-order valence-corrected chi connectivity index (χ1v) is 10.6. The minimum absolute atomic E-state index is 0.0251. The van der Waals surface area contributed by atoms with Crippen LogP contribution in [0.5, 0.6) is 0 Å². The first kappa shape index (κ1) is 19.8. The quantitative estimate of drug-likeness (QED) is 0.512. The van der Waals surface area contributed by atoms with Gasteiger partial charge >= 0.3 is 0 Å². The van der Waals surface area contributed by atoms with Crippen molar-refractivity contribution in [2.45, 2.75) is 19.8 Å². The van der Waals surface area contributed by atoms with Crippen LogP contribution in [-0.2, 0) is 12.8 Å². The highest BCUT2D eigenvalue weighted by Gasteiger charge is 2.26. The van der Waals surface area contributed by atoms with E-state index in [0.717, 1.165) is 46.9 Å². The molecule has 0 atom stereocenters. The van der Waals surface area contributed by atoms with Crippen molar-refractivity contribution < 1.29 is 4.79 Å². The maximum absolute atomic E-state index is 12.9. The van der Waals surface area contributed by atoms with Gasteiger partial charge in [0, 0.05) is 60.0 Å². The van der Waals surface area contributed by atoms with E-state index in [1.54, 1.807) is 36.9 Å².